The van der Waals surface area contributed by atoms with Gasteiger partial charge in [0.05, 0.1) is 11.4 Å². The van der Waals surface area contributed by atoms with E-state index < -0.39 is 0 Å². The molecule has 0 spiro atoms. The highest BCUT2D eigenvalue weighted by atomic mass is 32.1. The zero-order valence-corrected chi connectivity index (χ0v) is 13.8. The van der Waals surface area contributed by atoms with Crippen LogP contribution < -0.4 is 10.9 Å². The Hall–Kier alpha value is -1.73. The molecule has 1 aliphatic heterocycles. The van der Waals surface area contributed by atoms with Gasteiger partial charge in [-0.05, 0) is 26.3 Å². The fourth-order valence-electron chi connectivity index (χ4n) is 2.81. The number of fused-ring (bicyclic) bond motifs is 1. The van der Waals surface area contributed by atoms with Crippen LogP contribution in [-0.2, 0) is 4.79 Å². The van der Waals surface area contributed by atoms with Crippen molar-refractivity contribution in [1.82, 2.24) is 20.2 Å². The van der Waals surface area contributed by atoms with Crippen molar-refractivity contribution >= 4 is 27.5 Å². The molecular weight excluding hydrogens is 300 g/mol. The first-order valence-corrected chi connectivity index (χ1v) is 8.29. The number of aryl methyl sites for hydroxylation is 2. The average Bonchev–Trinajstić information content (AvgIpc) is 2.64. The number of amides is 1. The molecular formula is C15H20N4O2S. The van der Waals surface area contributed by atoms with Gasteiger partial charge in [0, 0.05) is 30.9 Å². The van der Waals surface area contributed by atoms with E-state index in [9.17, 15) is 9.59 Å². The summed E-state index contributed by atoms with van der Waals surface area (Å²) >= 11 is 1.56. The highest BCUT2D eigenvalue weighted by molar-refractivity contribution is 7.18. The predicted molar refractivity (Wildman–Crippen MR) is 87.3 cm³/mol. The quantitative estimate of drug-likeness (QED) is 0.879. The smallest absolute Gasteiger partial charge is 0.259 e. The van der Waals surface area contributed by atoms with Crippen molar-refractivity contribution in [3.8, 4) is 0 Å². The first kappa shape index (κ1) is 15.2. The van der Waals surface area contributed by atoms with E-state index in [2.05, 4.69) is 20.2 Å². The standard InChI is InChI=1S/C15H20N4O2S/c1-8-10(3)22-15-12(8)14(21)17-13(18-15)9(2)19-6-4-11(20)16-5-7-19/h9H,4-7H2,1-3H3,(H,16,20)(H,17,18,21)/t9-/m0/s1. The maximum Gasteiger partial charge on any atom is 0.259 e. The lowest BCUT2D eigenvalue weighted by Gasteiger charge is -2.25. The fraction of sp³-hybridized carbons (Fsp3) is 0.533. The molecule has 22 heavy (non-hydrogen) atoms. The number of hydrogen-bond acceptors (Lipinski definition) is 5. The third-order valence-electron chi connectivity index (χ3n) is 4.35. The minimum Gasteiger partial charge on any atom is -0.355 e. The number of H-pyrrole nitrogens is 1. The molecule has 1 saturated heterocycles. The van der Waals surface area contributed by atoms with E-state index in [1.165, 1.54) is 0 Å². The topological polar surface area (TPSA) is 78.1 Å². The molecule has 2 N–H and O–H groups in total. The summed E-state index contributed by atoms with van der Waals surface area (Å²) in [5.41, 5.74) is 0.940. The molecule has 3 heterocycles. The van der Waals surface area contributed by atoms with Gasteiger partial charge in [-0.3, -0.25) is 14.5 Å². The summed E-state index contributed by atoms with van der Waals surface area (Å²) < 4.78 is 0. The van der Waals surface area contributed by atoms with Gasteiger partial charge in [-0.1, -0.05) is 0 Å². The number of nitrogens with zero attached hydrogens (tertiary/aromatic N) is 2. The summed E-state index contributed by atoms with van der Waals surface area (Å²) in [7, 11) is 0. The van der Waals surface area contributed by atoms with Gasteiger partial charge in [0.15, 0.2) is 0 Å². The van der Waals surface area contributed by atoms with Gasteiger partial charge in [0.25, 0.3) is 5.56 Å². The van der Waals surface area contributed by atoms with Crippen LogP contribution in [0.3, 0.4) is 0 Å². The predicted octanol–water partition coefficient (Wildman–Crippen LogP) is 1.48. The number of aromatic nitrogens is 2. The van der Waals surface area contributed by atoms with Crippen LogP contribution in [0.15, 0.2) is 4.79 Å². The molecule has 1 amide bonds. The minimum atomic E-state index is -0.0716. The summed E-state index contributed by atoms with van der Waals surface area (Å²) in [4.78, 5) is 35.5. The van der Waals surface area contributed by atoms with Gasteiger partial charge < -0.3 is 10.3 Å². The van der Waals surface area contributed by atoms with E-state index in [1.54, 1.807) is 11.3 Å². The highest BCUT2D eigenvalue weighted by Crippen LogP contribution is 2.27. The molecule has 2 aromatic heterocycles. The zero-order valence-electron chi connectivity index (χ0n) is 13.0. The van der Waals surface area contributed by atoms with Crippen LogP contribution in [0.5, 0.6) is 0 Å². The lowest BCUT2D eigenvalue weighted by Crippen LogP contribution is -2.32. The average molecular weight is 320 g/mol. The third kappa shape index (κ3) is 2.66. The van der Waals surface area contributed by atoms with Gasteiger partial charge in [0.2, 0.25) is 5.91 Å². The molecule has 0 radical (unpaired) electrons. The van der Waals surface area contributed by atoms with Crippen molar-refractivity contribution in [1.29, 1.82) is 0 Å². The number of carbonyl (C=O) groups excluding carboxylic acids is 1. The first-order chi connectivity index (χ1) is 10.5. The van der Waals surface area contributed by atoms with Crippen molar-refractivity contribution in [2.45, 2.75) is 33.2 Å². The highest BCUT2D eigenvalue weighted by Gasteiger charge is 2.22. The fourth-order valence-corrected chi connectivity index (χ4v) is 3.85. The van der Waals surface area contributed by atoms with Crippen LogP contribution in [0.1, 0.15) is 35.7 Å². The Kier molecular flexibility index (Phi) is 4.01. The Morgan fingerprint density at radius 2 is 2.05 bits per heavy atom. The third-order valence-corrected chi connectivity index (χ3v) is 5.45. The monoisotopic (exact) mass is 320 g/mol. The summed E-state index contributed by atoms with van der Waals surface area (Å²) in [6.07, 6.45) is 0.480. The van der Waals surface area contributed by atoms with Crippen LogP contribution in [0.4, 0.5) is 0 Å². The number of thiophene rings is 1. The Bertz CT molecular complexity index is 780. The lowest BCUT2D eigenvalue weighted by atomic mass is 10.2. The lowest BCUT2D eigenvalue weighted by molar-refractivity contribution is -0.120. The van der Waals surface area contributed by atoms with Crippen LogP contribution in [0.2, 0.25) is 0 Å². The van der Waals surface area contributed by atoms with Crippen LogP contribution in [-0.4, -0.2) is 40.4 Å². The molecule has 0 unspecified atom stereocenters. The molecule has 7 heteroatoms. The van der Waals surface area contributed by atoms with Crippen LogP contribution in [0.25, 0.3) is 10.2 Å². The summed E-state index contributed by atoms with van der Waals surface area (Å²) in [6, 6.07) is -0.0208. The molecule has 6 nitrogen and oxygen atoms in total. The maximum absolute atomic E-state index is 12.4. The summed E-state index contributed by atoms with van der Waals surface area (Å²) in [6.45, 7) is 8.06. The normalized spacial score (nSPS) is 18.2. The molecule has 1 fully saturated rings. The molecule has 2 aromatic rings. The van der Waals surface area contributed by atoms with E-state index in [1.807, 2.05) is 20.8 Å². The maximum atomic E-state index is 12.4. The van der Waals surface area contributed by atoms with Gasteiger partial charge in [-0.25, -0.2) is 4.98 Å². The Morgan fingerprint density at radius 1 is 1.27 bits per heavy atom. The SMILES string of the molecule is Cc1sc2nc([C@H](C)N3CCNC(=O)CC3)[nH]c(=O)c2c1C. The second-order valence-corrected chi connectivity index (χ2v) is 6.93. The number of nitrogens with one attached hydrogen (secondary N) is 2. The van der Waals surface area contributed by atoms with E-state index in [0.29, 0.717) is 30.7 Å². The molecule has 3 rings (SSSR count). The number of rotatable bonds is 2. The van der Waals surface area contributed by atoms with Crippen LogP contribution >= 0.6 is 11.3 Å². The van der Waals surface area contributed by atoms with Crippen molar-refractivity contribution in [2.75, 3.05) is 19.6 Å². The Morgan fingerprint density at radius 3 is 2.82 bits per heavy atom. The second kappa shape index (κ2) is 5.81. The molecule has 0 aromatic carbocycles. The van der Waals surface area contributed by atoms with Crippen molar-refractivity contribution in [2.24, 2.45) is 0 Å². The van der Waals surface area contributed by atoms with Gasteiger partial charge in [0.1, 0.15) is 10.7 Å². The Labute approximate surface area is 132 Å². The number of aromatic amines is 1. The van der Waals surface area contributed by atoms with Crippen molar-refractivity contribution < 1.29 is 4.79 Å². The second-order valence-electron chi connectivity index (χ2n) is 5.73. The molecule has 0 bridgehead atoms. The first-order valence-electron chi connectivity index (χ1n) is 7.48. The molecule has 1 aliphatic rings. The molecule has 0 saturated carbocycles. The van der Waals surface area contributed by atoms with Gasteiger partial charge >= 0.3 is 0 Å². The Balaban J connectivity index is 1.95. The molecule has 118 valence electrons. The zero-order chi connectivity index (χ0) is 15.9. The van der Waals surface area contributed by atoms with Gasteiger partial charge in [-0.15, -0.1) is 11.3 Å². The van der Waals surface area contributed by atoms with E-state index in [4.69, 9.17) is 0 Å². The number of hydrogen-bond donors (Lipinski definition) is 2. The summed E-state index contributed by atoms with van der Waals surface area (Å²) in [5, 5.41) is 3.56. The largest absolute Gasteiger partial charge is 0.355 e. The van der Waals surface area contributed by atoms with Crippen molar-refractivity contribution in [3.05, 3.63) is 26.6 Å². The van der Waals surface area contributed by atoms with Gasteiger partial charge in [-0.2, -0.15) is 0 Å². The summed E-state index contributed by atoms with van der Waals surface area (Å²) in [5.74, 6) is 0.754. The molecule has 1 atom stereocenters. The van der Waals surface area contributed by atoms with E-state index in [-0.39, 0.29) is 17.5 Å². The van der Waals surface area contributed by atoms with Crippen molar-refractivity contribution in [3.63, 3.8) is 0 Å². The van der Waals surface area contributed by atoms with E-state index >= 15 is 0 Å². The van der Waals surface area contributed by atoms with E-state index in [0.717, 1.165) is 21.8 Å². The molecule has 0 aliphatic carbocycles. The minimum absolute atomic E-state index is 0.0208. The number of carbonyl (C=O) groups is 1. The van der Waals surface area contributed by atoms with Crippen LogP contribution in [0, 0.1) is 13.8 Å².